The molecule has 1 fully saturated rings. The number of benzene rings is 2. The fourth-order valence-electron chi connectivity index (χ4n) is 3.89. The van der Waals surface area contributed by atoms with E-state index >= 15 is 0 Å². The molecule has 2 amide bonds. The van der Waals surface area contributed by atoms with E-state index in [-0.39, 0.29) is 36.1 Å². The van der Waals surface area contributed by atoms with Crippen molar-refractivity contribution in [3.05, 3.63) is 53.6 Å². The van der Waals surface area contributed by atoms with Crippen molar-refractivity contribution in [2.75, 3.05) is 19.6 Å². The van der Waals surface area contributed by atoms with Gasteiger partial charge >= 0.3 is 0 Å². The minimum atomic E-state index is -0.185. The van der Waals surface area contributed by atoms with Gasteiger partial charge in [-0.05, 0) is 41.8 Å². The average Bonchev–Trinajstić information content (AvgIpc) is 3.11. The Morgan fingerprint density at radius 2 is 2.07 bits per heavy atom. The summed E-state index contributed by atoms with van der Waals surface area (Å²) in [5.41, 5.74) is 7.39. The number of hydrogen-bond acceptors (Lipinski definition) is 5. The van der Waals surface area contributed by atoms with Crippen LogP contribution in [0.25, 0.3) is 0 Å². The highest BCUT2D eigenvalue weighted by molar-refractivity contribution is 5.80. The molecule has 2 atom stereocenters. The molecule has 0 aliphatic carbocycles. The summed E-state index contributed by atoms with van der Waals surface area (Å²) in [5.74, 6) is 0.751. The van der Waals surface area contributed by atoms with E-state index in [4.69, 9.17) is 10.5 Å². The number of phenols is 1. The van der Waals surface area contributed by atoms with E-state index in [9.17, 15) is 14.7 Å². The normalized spacial score (nSPS) is 21.5. The molecule has 7 nitrogen and oxygen atoms in total. The van der Waals surface area contributed by atoms with Gasteiger partial charge in [0.25, 0.3) is 0 Å². The fraction of sp³-hybridized carbons (Fsp3) is 0.333. The van der Waals surface area contributed by atoms with E-state index in [0.717, 1.165) is 11.1 Å². The number of phenolic OH excluding ortho intramolecular Hbond substituents is 1. The van der Waals surface area contributed by atoms with Crippen LogP contribution in [0.2, 0.25) is 0 Å². The van der Waals surface area contributed by atoms with Gasteiger partial charge in [0.15, 0.2) is 11.5 Å². The van der Waals surface area contributed by atoms with Gasteiger partial charge in [-0.25, -0.2) is 0 Å². The number of nitrogens with one attached hydrogen (secondary N) is 1. The number of carbonyl (C=O) groups excluding carboxylic acids is 2. The van der Waals surface area contributed by atoms with Crippen molar-refractivity contribution < 1.29 is 19.4 Å². The van der Waals surface area contributed by atoms with E-state index in [1.165, 1.54) is 0 Å². The molecule has 4 bridgehead atoms. The molecule has 0 saturated carbocycles. The Kier molecular flexibility index (Phi) is 4.92. The highest BCUT2D eigenvalue weighted by Gasteiger charge is 2.36. The van der Waals surface area contributed by atoms with Crippen molar-refractivity contribution in [2.24, 2.45) is 5.73 Å². The molecule has 0 aromatic heterocycles. The SMILES string of the molecule is NCC(=O)N1C[C@H]2NC(=O)CCc3ccc(O)c(c3)Oc3cccc(c3)[C@@H]2C1. The predicted octanol–water partition coefficient (Wildman–Crippen LogP) is 1.50. The zero-order chi connectivity index (χ0) is 19.7. The first kappa shape index (κ1) is 18.3. The van der Waals surface area contributed by atoms with Crippen molar-refractivity contribution in [1.82, 2.24) is 10.2 Å². The Morgan fingerprint density at radius 3 is 2.89 bits per heavy atom. The van der Waals surface area contributed by atoms with E-state index in [0.29, 0.717) is 37.4 Å². The number of aryl methyl sites for hydroxylation is 1. The number of likely N-dealkylation sites (tertiary alicyclic amines) is 1. The van der Waals surface area contributed by atoms with Crippen molar-refractivity contribution in [2.45, 2.75) is 24.8 Å². The number of carbonyl (C=O) groups is 2. The summed E-state index contributed by atoms with van der Waals surface area (Å²) in [6.45, 7) is 0.875. The lowest BCUT2D eigenvalue weighted by Crippen LogP contribution is -2.41. The van der Waals surface area contributed by atoms with Crippen LogP contribution in [0.15, 0.2) is 42.5 Å². The summed E-state index contributed by atoms with van der Waals surface area (Å²) in [7, 11) is 0. The van der Waals surface area contributed by atoms with Crippen LogP contribution in [0.3, 0.4) is 0 Å². The van der Waals surface area contributed by atoms with Crippen LogP contribution in [-0.4, -0.2) is 47.5 Å². The summed E-state index contributed by atoms with van der Waals surface area (Å²) in [6, 6.07) is 12.5. The Balaban J connectivity index is 1.72. The predicted molar refractivity (Wildman–Crippen MR) is 103 cm³/mol. The van der Waals surface area contributed by atoms with Crippen LogP contribution >= 0.6 is 0 Å². The van der Waals surface area contributed by atoms with E-state index < -0.39 is 0 Å². The van der Waals surface area contributed by atoms with Gasteiger partial charge in [-0.1, -0.05) is 18.2 Å². The van der Waals surface area contributed by atoms with Crippen LogP contribution in [0.5, 0.6) is 17.2 Å². The summed E-state index contributed by atoms with van der Waals surface area (Å²) >= 11 is 0. The van der Waals surface area contributed by atoms with Crippen molar-refractivity contribution in [3.8, 4) is 17.2 Å². The maximum absolute atomic E-state index is 12.5. The second kappa shape index (κ2) is 7.52. The molecule has 0 radical (unpaired) electrons. The quantitative estimate of drug-likeness (QED) is 0.694. The lowest BCUT2D eigenvalue weighted by atomic mass is 9.94. The zero-order valence-electron chi connectivity index (χ0n) is 15.4. The number of fused-ring (bicyclic) bond motifs is 6. The van der Waals surface area contributed by atoms with Gasteiger partial charge in [-0.3, -0.25) is 9.59 Å². The van der Waals surface area contributed by atoms with Crippen molar-refractivity contribution in [1.29, 1.82) is 0 Å². The number of nitrogens with zero attached hydrogens (tertiary/aromatic N) is 1. The standard InChI is InChI=1S/C21H23N3O4/c22-10-21(27)24-11-16-14-2-1-3-15(9-14)28-19-8-13(4-6-18(19)25)5-7-20(26)23-17(16)12-24/h1-4,6,8-9,16-17,25H,5,7,10-12,22H2,(H,23,26)/t16-,17+/m0/s1. The number of amides is 2. The Labute approximate surface area is 163 Å². The van der Waals surface area contributed by atoms with Crippen LogP contribution in [-0.2, 0) is 16.0 Å². The Hall–Kier alpha value is -3.06. The highest BCUT2D eigenvalue weighted by Crippen LogP contribution is 2.35. The lowest BCUT2D eigenvalue weighted by molar-refractivity contribution is -0.129. The number of ether oxygens (including phenoxy) is 1. The third-order valence-corrected chi connectivity index (χ3v) is 5.37. The van der Waals surface area contributed by atoms with Crippen LogP contribution in [0, 0.1) is 0 Å². The molecule has 0 unspecified atom stereocenters. The Bertz CT molecular complexity index is 914. The zero-order valence-corrected chi connectivity index (χ0v) is 15.4. The second-order valence-corrected chi connectivity index (χ2v) is 7.26. The average molecular weight is 381 g/mol. The number of hydrogen-bond donors (Lipinski definition) is 3. The van der Waals surface area contributed by atoms with Crippen LogP contribution in [0.4, 0.5) is 0 Å². The molecule has 2 heterocycles. The second-order valence-electron chi connectivity index (χ2n) is 7.26. The van der Waals surface area contributed by atoms with Gasteiger partial charge in [0.05, 0.1) is 12.6 Å². The fourth-order valence-corrected chi connectivity index (χ4v) is 3.89. The minimum absolute atomic E-state index is 0.0481. The highest BCUT2D eigenvalue weighted by atomic mass is 16.5. The number of nitrogens with two attached hydrogens (primary N) is 1. The summed E-state index contributed by atoms with van der Waals surface area (Å²) in [4.78, 5) is 26.3. The lowest BCUT2D eigenvalue weighted by Gasteiger charge is -2.20. The van der Waals surface area contributed by atoms with E-state index in [2.05, 4.69) is 5.32 Å². The largest absolute Gasteiger partial charge is 0.504 e. The topological polar surface area (TPSA) is 105 Å². The van der Waals surface area contributed by atoms with Gasteiger partial charge in [0.1, 0.15) is 5.75 Å². The third-order valence-electron chi connectivity index (χ3n) is 5.37. The number of aromatic hydroxyl groups is 1. The molecule has 0 spiro atoms. The molecule has 1 saturated heterocycles. The first-order chi connectivity index (χ1) is 13.5. The summed E-state index contributed by atoms with van der Waals surface area (Å²) in [5, 5.41) is 13.2. The molecule has 2 aliphatic heterocycles. The molecular formula is C21H23N3O4. The van der Waals surface area contributed by atoms with Crippen molar-refractivity contribution >= 4 is 11.8 Å². The molecule has 2 aromatic carbocycles. The monoisotopic (exact) mass is 381 g/mol. The van der Waals surface area contributed by atoms with Crippen molar-refractivity contribution in [3.63, 3.8) is 0 Å². The molecule has 4 rings (SSSR count). The Morgan fingerprint density at radius 1 is 1.21 bits per heavy atom. The molecule has 2 aromatic rings. The first-order valence-electron chi connectivity index (χ1n) is 9.40. The summed E-state index contributed by atoms with van der Waals surface area (Å²) in [6.07, 6.45) is 0.846. The molecule has 7 heteroatoms. The van der Waals surface area contributed by atoms with Crippen LogP contribution < -0.4 is 15.8 Å². The van der Waals surface area contributed by atoms with Gasteiger partial charge < -0.3 is 25.8 Å². The maximum Gasteiger partial charge on any atom is 0.236 e. The maximum atomic E-state index is 12.5. The minimum Gasteiger partial charge on any atom is -0.504 e. The molecule has 146 valence electrons. The summed E-state index contributed by atoms with van der Waals surface area (Å²) < 4.78 is 5.92. The molecule has 4 N–H and O–H groups in total. The van der Waals surface area contributed by atoms with Gasteiger partial charge in [-0.2, -0.15) is 0 Å². The smallest absolute Gasteiger partial charge is 0.236 e. The van der Waals surface area contributed by atoms with Crippen LogP contribution in [0.1, 0.15) is 23.5 Å². The number of rotatable bonds is 1. The molecule has 28 heavy (non-hydrogen) atoms. The molecule has 2 aliphatic rings. The van der Waals surface area contributed by atoms with E-state index in [1.807, 2.05) is 24.3 Å². The first-order valence-corrected chi connectivity index (χ1v) is 9.40. The molecular weight excluding hydrogens is 358 g/mol. The third kappa shape index (κ3) is 3.66. The van der Waals surface area contributed by atoms with Gasteiger partial charge in [0, 0.05) is 25.4 Å². The van der Waals surface area contributed by atoms with Gasteiger partial charge in [0.2, 0.25) is 11.8 Å². The van der Waals surface area contributed by atoms with E-state index in [1.54, 1.807) is 23.1 Å². The van der Waals surface area contributed by atoms with Gasteiger partial charge in [-0.15, -0.1) is 0 Å².